The lowest BCUT2D eigenvalue weighted by Crippen LogP contribution is -2.11. The lowest BCUT2D eigenvalue weighted by atomic mass is 10.2. The van der Waals surface area contributed by atoms with Gasteiger partial charge in [-0.05, 0) is 66.7 Å². The SMILES string of the molecule is N#Cc1ccc(Nc2ccc(NC(=O)c3cccc(Br)c3)cc2)cc1. The van der Waals surface area contributed by atoms with Crippen LogP contribution in [0.4, 0.5) is 17.1 Å². The quantitative estimate of drug-likeness (QED) is 0.632. The van der Waals surface area contributed by atoms with Gasteiger partial charge in [0.2, 0.25) is 0 Å². The van der Waals surface area contributed by atoms with Crippen LogP contribution in [-0.4, -0.2) is 5.91 Å². The Morgan fingerprint density at radius 3 is 2.08 bits per heavy atom. The maximum atomic E-state index is 12.2. The minimum atomic E-state index is -0.158. The first kappa shape index (κ1) is 16.7. The van der Waals surface area contributed by atoms with E-state index in [9.17, 15) is 4.79 Å². The van der Waals surface area contributed by atoms with Gasteiger partial charge in [-0.3, -0.25) is 4.79 Å². The number of hydrogen-bond acceptors (Lipinski definition) is 3. The number of anilines is 3. The molecule has 0 aliphatic carbocycles. The van der Waals surface area contributed by atoms with Crippen LogP contribution in [0.15, 0.2) is 77.3 Å². The van der Waals surface area contributed by atoms with Gasteiger partial charge in [0.05, 0.1) is 11.6 Å². The Morgan fingerprint density at radius 1 is 0.880 bits per heavy atom. The molecular formula is C20H14BrN3O. The molecule has 0 spiro atoms. The summed E-state index contributed by atoms with van der Waals surface area (Å²) >= 11 is 3.36. The number of hydrogen-bond donors (Lipinski definition) is 2. The van der Waals surface area contributed by atoms with Crippen LogP contribution >= 0.6 is 15.9 Å². The molecule has 1 amide bonds. The molecule has 0 fully saturated rings. The molecular weight excluding hydrogens is 378 g/mol. The molecule has 4 nitrogen and oxygen atoms in total. The Kier molecular flexibility index (Phi) is 5.12. The molecule has 3 rings (SSSR count). The Bertz CT molecular complexity index is 928. The highest BCUT2D eigenvalue weighted by atomic mass is 79.9. The predicted molar refractivity (Wildman–Crippen MR) is 103 cm³/mol. The first-order valence-corrected chi connectivity index (χ1v) is 8.37. The fraction of sp³-hybridized carbons (Fsp3) is 0. The van der Waals surface area contributed by atoms with E-state index in [1.54, 1.807) is 24.3 Å². The molecule has 0 unspecified atom stereocenters. The number of nitrogens with zero attached hydrogens (tertiary/aromatic N) is 1. The fourth-order valence-corrected chi connectivity index (χ4v) is 2.66. The maximum Gasteiger partial charge on any atom is 0.255 e. The number of rotatable bonds is 4. The van der Waals surface area contributed by atoms with Crippen LogP contribution in [0.5, 0.6) is 0 Å². The van der Waals surface area contributed by atoms with Gasteiger partial charge in [-0.25, -0.2) is 0 Å². The van der Waals surface area contributed by atoms with Crippen LogP contribution in [0.3, 0.4) is 0 Å². The van der Waals surface area contributed by atoms with Gasteiger partial charge in [0, 0.05) is 27.1 Å². The highest BCUT2D eigenvalue weighted by Crippen LogP contribution is 2.20. The summed E-state index contributed by atoms with van der Waals surface area (Å²) < 4.78 is 0.863. The predicted octanol–water partition coefficient (Wildman–Crippen LogP) is 5.32. The number of carbonyl (C=O) groups is 1. The van der Waals surface area contributed by atoms with Crippen molar-refractivity contribution in [2.45, 2.75) is 0 Å². The van der Waals surface area contributed by atoms with Crippen LogP contribution in [0, 0.1) is 11.3 Å². The third-order valence-electron chi connectivity index (χ3n) is 3.53. The molecule has 25 heavy (non-hydrogen) atoms. The number of halogens is 1. The Hall–Kier alpha value is -3.10. The van der Waals surface area contributed by atoms with E-state index in [0.717, 1.165) is 21.5 Å². The standard InChI is InChI=1S/C20H14BrN3O/c21-16-3-1-2-15(12-16)20(25)24-19-10-8-18(9-11-19)23-17-6-4-14(13-22)5-7-17/h1-12,23H,(H,24,25). The third-order valence-corrected chi connectivity index (χ3v) is 4.03. The van der Waals surface area contributed by atoms with E-state index in [1.807, 2.05) is 48.5 Å². The van der Waals surface area contributed by atoms with Gasteiger partial charge in [0.25, 0.3) is 5.91 Å². The summed E-state index contributed by atoms with van der Waals surface area (Å²) in [6, 6.07) is 24.0. The zero-order valence-electron chi connectivity index (χ0n) is 13.2. The van der Waals surface area contributed by atoms with Crippen molar-refractivity contribution in [1.82, 2.24) is 0 Å². The number of carbonyl (C=O) groups excluding carboxylic acids is 1. The molecule has 0 saturated carbocycles. The second-order valence-corrected chi connectivity index (χ2v) is 6.27. The second-order valence-electron chi connectivity index (χ2n) is 5.36. The van der Waals surface area contributed by atoms with Crippen molar-refractivity contribution in [3.8, 4) is 6.07 Å². The van der Waals surface area contributed by atoms with Crippen molar-refractivity contribution in [2.75, 3.05) is 10.6 Å². The number of nitriles is 1. The molecule has 0 radical (unpaired) electrons. The Balaban J connectivity index is 1.65. The summed E-state index contributed by atoms with van der Waals surface area (Å²) in [4.78, 5) is 12.2. The second kappa shape index (κ2) is 7.65. The number of amides is 1. The Morgan fingerprint density at radius 2 is 1.48 bits per heavy atom. The van der Waals surface area contributed by atoms with Crippen LogP contribution in [-0.2, 0) is 0 Å². The van der Waals surface area contributed by atoms with Crippen molar-refractivity contribution in [2.24, 2.45) is 0 Å². The van der Waals surface area contributed by atoms with Crippen LogP contribution in [0.25, 0.3) is 0 Å². The molecule has 0 bridgehead atoms. The summed E-state index contributed by atoms with van der Waals surface area (Å²) in [5.41, 5.74) is 3.72. The van der Waals surface area contributed by atoms with E-state index < -0.39 is 0 Å². The lowest BCUT2D eigenvalue weighted by molar-refractivity contribution is 0.102. The van der Waals surface area contributed by atoms with Crippen molar-refractivity contribution >= 4 is 38.9 Å². The van der Waals surface area contributed by atoms with E-state index in [0.29, 0.717) is 11.1 Å². The third kappa shape index (κ3) is 4.46. The molecule has 0 saturated heterocycles. The van der Waals surface area contributed by atoms with Gasteiger partial charge in [-0.1, -0.05) is 22.0 Å². The molecule has 0 aliphatic heterocycles. The topological polar surface area (TPSA) is 64.9 Å². The molecule has 0 aromatic heterocycles. The van der Waals surface area contributed by atoms with E-state index in [-0.39, 0.29) is 5.91 Å². The summed E-state index contributed by atoms with van der Waals surface area (Å²) in [6.45, 7) is 0. The smallest absolute Gasteiger partial charge is 0.255 e. The van der Waals surface area contributed by atoms with Gasteiger partial charge in [-0.2, -0.15) is 5.26 Å². The van der Waals surface area contributed by atoms with Gasteiger partial charge in [0.15, 0.2) is 0 Å². The molecule has 5 heteroatoms. The van der Waals surface area contributed by atoms with Crippen molar-refractivity contribution < 1.29 is 4.79 Å². The average molecular weight is 392 g/mol. The van der Waals surface area contributed by atoms with Crippen molar-refractivity contribution in [3.05, 3.63) is 88.4 Å². The highest BCUT2D eigenvalue weighted by Gasteiger charge is 2.06. The van der Waals surface area contributed by atoms with Gasteiger partial charge in [0.1, 0.15) is 0 Å². The van der Waals surface area contributed by atoms with E-state index in [1.165, 1.54) is 0 Å². The van der Waals surface area contributed by atoms with E-state index >= 15 is 0 Å². The summed E-state index contributed by atoms with van der Waals surface area (Å²) in [7, 11) is 0. The van der Waals surface area contributed by atoms with Crippen LogP contribution in [0.1, 0.15) is 15.9 Å². The minimum absolute atomic E-state index is 0.158. The maximum absolute atomic E-state index is 12.2. The lowest BCUT2D eigenvalue weighted by Gasteiger charge is -2.09. The normalized spacial score (nSPS) is 9.92. The first-order chi connectivity index (χ1) is 12.1. The van der Waals surface area contributed by atoms with E-state index in [4.69, 9.17) is 5.26 Å². The zero-order valence-corrected chi connectivity index (χ0v) is 14.7. The zero-order chi connectivity index (χ0) is 17.6. The molecule has 0 atom stereocenters. The molecule has 122 valence electrons. The largest absolute Gasteiger partial charge is 0.356 e. The first-order valence-electron chi connectivity index (χ1n) is 7.58. The van der Waals surface area contributed by atoms with Crippen molar-refractivity contribution in [3.63, 3.8) is 0 Å². The highest BCUT2D eigenvalue weighted by molar-refractivity contribution is 9.10. The fourth-order valence-electron chi connectivity index (χ4n) is 2.26. The molecule has 3 aromatic rings. The summed E-state index contributed by atoms with van der Waals surface area (Å²) in [5.74, 6) is -0.158. The molecule has 0 heterocycles. The molecule has 0 aliphatic rings. The minimum Gasteiger partial charge on any atom is -0.356 e. The Labute approximate surface area is 154 Å². The summed E-state index contributed by atoms with van der Waals surface area (Å²) in [6.07, 6.45) is 0. The average Bonchev–Trinajstić information content (AvgIpc) is 2.64. The van der Waals surface area contributed by atoms with Crippen LogP contribution < -0.4 is 10.6 Å². The number of nitrogens with one attached hydrogen (secondary N) is 2. The van der Waals surface area contributed by atoms with E-state index in [2.05, 4.69) is 32.6 Å². The van der Waals surface area contributed by atoms with Gasteiger partial charge >= 0.3 is 0 Å². The van der Waals surface area contributed by atoms with Crippen LogP contribution in [0.2, 0.25) is 0 Å². The van der Waals surface area contributed by atoms with Crippen molar-refractivity contribution in [1.29, 1.82) is 5.26 Å². The van der Waals surface area contributed by atoms with Gasteiger partial charge in [-0.15, -0.1) is 0 Å². The number of benzene rings is 3. The molecule has 2 N–H and O–H groups in total. The summed E-state index contributed by atoms with van der Waals surface area (Å²) in [5, 5.41) is 14.9. The van der Waals surface area contributed by atoms with Gasteiger partial charge < -0.3 is 10.6 Å². The monoisotopic (exact) mass is 391 g/mol. The molecule has 3 aromatic carbocycles.